The van der Waals surface area contributed by atoms with Crippen LogP contribution in [0.2, 0.25) is 5.02 Å². The van der Waals surface area contributed by atoms with Gasteiger partial charge in [0, 0.05) is 43.7 Å². The molecular formula is C14H16ClN5. The average molecular weight is 290 g/mol. The molecule has 0 aliphatic carbocycles. The lowest BCUT2D eigenvalue weighted by Crippen LogP contribution is -2.23. The van der Waals surface area contributed by atoms with E-state index in [-0.39, 0.29) is 5.84 Å². The minimum absolute atomic E-state index is 0.0585. The highest BCUT2D eigenvalue weighted by atomic mass is 35.5. The van der Waals surface area contributed by atoms with E-state index in [2.05, 4.69) is 9.97 Å². The zero-order chi connectivity index (χ0) is 14.5. The van der Waals surface area contributed by atoms with Crippen molar-refractivity contribution in [2.45, 2.75) is 6.42 Å². The van der Waals surface area contributed by atoms with Crippen LogP contribution in [0, 0.1) is 5.41 Å². The van der Waals surface area contributed by atoms with Crippen LogP contribution in [0.5, 0.6) is 0 Å². The maximum absolute atomic E-state index is 7.49. The monoisotopic (exact) mass is 289 g/mol. The molecular weight excluding hydrogens is 274 g/mol. The second kappa shape index (κ2) is 6.34. The van der Waals surface area contributed by atoms with Gasteiger partial charge in [0.25, 0.3) is 0 Å². The summed E-state index contributed by atoms with van der Waals surface area (Å²) >= 11 is 6.24. The molecule has 0 aliphatic heterocycles. The normalized spacial score (nSPS) is 10.3. The Morgan fingerprint density at radius 3 is 2.75 bits per heavy atom. The van der Waals surface area contributed by atoms with Crippen LogP contribution in [0.3, 0.4) is 0 Å². The van der Waals surface area contributed by atoms with Crippen LogP contribution in [0.25, 0.3) is 0 Å². The lowest BCUT2D eigenvalue weighted by Gasteiger charge is -2.20. The summed E-state index contributed by atoms with van der Waals surface area (Å²) in [6.45, 7) is 0.727. The largest absolute Gasteiger partial charge is 0.384 e. The lowest BCUT2D eigenvalue weighted by atomic mass is 10.2. The van der Waals surface area contributed by atoms with Gasteiger partial charge in [0.15, 0.2) is 0 Å². The zero-order valence-corrected chi connectivity index (χ0v) is 11.9. The van der Waals surface area contributed by atoms with Crippen molar-refractivity contribution in [1.82, 2.24) is 9.97 Å². The first-order valence-corrected chi connectivity index (χ1v) is 6.57. The van der Waals surface area contributed by atoms with Gasteiger partial charge >= 0.3 is 0 Å². The van der Waals surface area contributed by atoms with Crippen LogP contribution < -0.4 is 10.6 Å². The van der Waals surface area contributed by atoms with E-state index in [1.165, 1.54) is 0 Å². The van der Waals surface area contributed by atoms with Crippen molar-refractivity contribution in [3.63, 3.8) is 0 Å². The van der Waals surface area contributed by atoms with Crippen molar-refractivity contribution in [1.29, 1.82) is 5.41 Å². The van der Waals surface area contributed by atoms with Gasteiger partial charge in [-0.1, -0.05) is 17.7 Å². The molecule has 104 valence electrons. The van der Waals surface area contributed by atoms with Gasteiger partial charge in [0.1, 0.15) is 11.7 Å². The Balaban J connectivity index is 2.11. The van der Waals surface area contributed by atoms with Crippen molar-refractivity contribution >= 4 is 23.3 Å². The molecule has 0 aliphatic rings. The number of rotatable bonds is 5. The SMILES string of the molecule is CN(CCc1ccccn1)c1nccc(C(=N)N)c1Cl. The first-order valence-electron chi connectivity index (χ1n) is 6.19. The van der Waals surface area contributed by atoms with Gasteiger partial charge in [-0.25, -0.2) is 4.98 Å². The van der Waals surface area contributed by atoms with Crippen molar-refractivity contribution in [2.75, 3.05) is 18.5 Å². The molecule has 2 rings (SSSR count). The van der Waals surface area contributed by atoms with E-state index in [9.17, 15) is 0 Å². The minimum atomic E-state index is -0.0585. The minimum Gasteiger partial charge on any atom is -0.384 e. The molecule has 0 saturated heterocycles. The topological polar surface area (TPSA) is 78.9 Å². The molecule has 0 amide bonds. The molecule has 20 heavy (non-hydrogen) atoms. The number of nitrogen functional groups attached to an aromatic ring is 1. The van der Waals surface area contributed by atoms with Crippen LogP contribution in [-0.2, 0) is 6.42 Å². The molecule has 2 aromatic rings. The number of hydrogen-bond donors (Lipinski definition) is 2. The number of pyridine rings is 2. The van der Waals surface area contributed by atoms with Crippen molar-refractivity contribution in [3.05, 3.63) is 52.9 Å². The first-order chi connectivity index (χ1) is 9.59. The number of nitrogens with one attached hydrogen (secondary N) is 1. The molecule has 0 aromatic carbocycles. The van der Waals surface area contributed by atoms with Gasteiger partial charge in [-0.2, -0.15) is 0 Å². The summed E-state index contributed by atoms with van der Waals surface area (Å²) in [5, 5.41) is 7.89. The Labute approximate surface area is 122 Å². The average Bonchev–Trinajstić information content (AvgIpc) is 2.46. The smallest absolute Gasteiger partial charge is 0.147 e. The number of halogens is 1. The van der Waals surface area contributed by atoms with Gasteiger partial charge in [0.2, 0.25) is 0 Å². The predicted octanol–water partition coefficient (Wildman–Crippen LogP) is 2.09. The molecule has 0 unspecified atom stereocenters. The van der Waals surface area contributed by atoms with Crippen LogP contribution in [0.4, 0.5) is 5.82 Å². The highest BCUT2D eigenvalue weighted by Crippen LogP contribution is 2.25. The van der Waals surface area contributed by atoms with E-state index in [1.54, 1.807) is 18.5 Å². The molecule has 2 aromatic heterocycles. The predicted molar refractivity (Wildman–Crippen MR) is 81.5 cm³/mol. The molecule has 6 heteroatoms. The van der Waals surface area contributed by atoms with E-state index >= 15 is 0 Å². The Morgan fingerprint density at radius 2 is 2.10 bits per heavy atom. The number of nitrogens with zero attached hydrogens (tertiary/aromatic N) is 3. The summed E-state index contributed by atoms with van der Waals surface area (Å²) in [6.07, 6.45) is 4.17. The van der Waals surface area contributed by atoms with Gasteiger partial charge in [-0.3, -0.25) is 10.4 Å². The molecule has 0 atom stereocenters. The molecule has 5 nitrogen and oxygen atoms in total. The number of amidine groups is 1. The number of hydrogen-bond acceptors (Lipinski definition) is 4. The Hall–Kier alpha value is -2.14. The molecule has 0 spiro atoms. The Kier molecular flexibility index (Phi) is 4.53. The molecule has 0 saturated carbocycles. The van der Waals surface area contributed by atoms with E-state index in [0.717, 1.165) is 18.7 Å². The summed E-state index contributed by atoms with van der Waals surface area (Å²) in [4.78, 5) is 10.5. The van der Waals surface area contributed by atoms with E-state index in [4.69, 9.17) is 22.7 Å². The van der Waals surface area contributed by atoms with Crippen LogP contribution >= 0.6 is 11.6 Å². The summed E-state index contributed by atoms with van der Waals surface area (Å²) in [6, 6.07) is 7.47. The Bertz CT molecular complexity index is 600. The summed E-state index contributed by atoms with van der Waals surface area (Å²) in [7, 11) is 1.90. The standard InChI is InChI=1S/C14H16ClN5/c1-20(9-6-10-4-2-3-7-18-10)14-12(15)11(13(16)17)5-8-19-14/h2-5,7-8H,6,9H2,1H3,(H3,16,17). The molecule has 0 fully saturated rings. The number of anilines is 1. The number of aromatic nitrogens is 2. The fourth-order valence-electron chi connectivity index (χ4n) is 1.84. The maximum atomic E-state index is 7.49. The van der Waals surface area contributed by atoms with Gasteiger partial charge in [-0.05, 0) is 18.2 Å². The summed E-state index contributed by atoms with van der Waals surface area (Å²) in [5.41, 5.74) is 7.00. The van der Waals surface area contributed by atoms with Gasteiger partial charge in [-0.15, -0.1) is 0 Å². The molecule has 0 bridgehead atoms. The van der Waals surface area contributed by atoms with Crippen molar-refractivity contribution in [2.24, 2.45) is 5.73 Å². The third-order valence-corrected chi connectivity index (χ3v) is 3.32. The third kappa shape index (κ3) is 3.24. The third-order valence-electron chi connectivity index (χ3n) is 2.95. The fraction of sp³-hybridized carbons (Fsp3) is 0.214. The summed E-state index contributed by atoms with van der Waals surface area (Å²) in [5.74, 6) is 0.562. The van der Waals surface area contributed by atoms with Crippen LogP contribution in [-0.4, -0.2) is 29.4 Å². The summed E-state index contributed by atoms with van der Waals surface area (Å²) < 4.78 is 0. The Morgan fingerprint density at radius 1 is 1.30 bits per heavy atom. The first kappa shape index (κ1) is 14.3. The fourth-order valence-corrected chi connectivity index (χ4v) is 2.20. The lowest BCUT2D eigenvalue weighted by molar-refractivity contribution is 0.839. The number of nitrogens with two attached hydrogens (primary N) is 1. The van der Waals surface area contributed by atoms with Crippen LogP contribution in [0.1, 0.15) is 11.3 Å². The van der Waals surface area contributed by atoms with Gasteiger partial charge < -0.3 is 10.6 Å². The molecule has 2 heterocycles. The number of likely N-dealkylation sites (N-methyl/N-ethyl adjacent to an activating group) is 1. The van der Waals surface area contributed by atoms with Gasteiger partial charge in [0.05, 0.1) is 5.02 Å². The highest BCUT2D eigenvalue weighted by molar-refractivity contribution is 6.36. The van der Waals surface area contributed by atoms with E-state index < -0.39 is 0 Å². The maximum Gasteiger partial charge on any atom is 0.147 e. The van der Waals surface area contributed by atoms with Crippen LogP contribution in [0.15, 0.2) is 36.7 Å². The highest BCUT2D eigenvalue weighted by Gasteiger charge is 2.13. The quantitative estimate of drug-likeness (QED) is 0.652. The van der Waals surface area contributed by atoms with Crippen molar-refractivity contribution < 1.29 is 0 Å². The van der Waals surface area contributed by atoms with E-state index in [1.807, 2.05) is 30.1 Å². The van der Waals surface area contributed by atoms with E-state index in [0.29, 0.717) is 16.4 Å². The molecule has 3 N–H and O–H groups in total. The van der Waals surface area contributed by atoms with Crippen molar-refractivity contribution in [3.8, 4) is 0 Å². The second-order valence-corrected chi connectivity index (χ2v) is 4.78. The molecule has 0 radical (unpaired) electrons. The zero-order valence-electron chi connectivity index (χ0n) is 11.2. The second-order valence-electron chi connectivity index (χ2n) is 4.40.